The molecular formula is C23H27ClN4O3S. The number of carbonyl (C=O) groups excluding carboxylic acids is 1. The van der Waals surface area contributed by atoms with Gasteiger partial charge in [0.05, 0.1) is 13.2 Å². The predicted molar refractivity (Wildman–Crippen MR) is 124 cm³/mol. The summed E-state index contributed by atoms with van der Waals surface area (Å²) >= 11 is 7.79. The fourth-order valence-electron chi connectivity index (χ4n) is 4.47. The number of carbonyl (C=O) groups is 1. The van der Waals surface area contributed by atoms with Crippen LogP contribution in [0.15, 0.2) is 35.5 Å². The Bertz CT molecular complexity index is 952. The summed E-state index contributed by atoms with van der Waals surface area (Å²) in [6, 6.07) is 9.64. The van der Waals surface area contributed by atoms with Gasteiger partial charge in [-0.05, 0) is 30.5 Å². The van der Waals surface area contributed by atoms with Crippen molar-refractivity contribution in [3.8, 4) is 0 Å². The maximum absolute atomic E-state index is 12.9. The summed E-state index contributed by atoms with van der Waals surface area (Å²) in [7, 11) is 0. The van der Waals surface area contributed by atoms with Gasteiger partial charge in [0.25, 0.3) is 5.91 Å². The SMILES string of the molecule is O=C(c1ccc(CSc2nc(Cl)cc(N3CCCC3)n2)cc1)N1CCC2(CC1)OCCO2. The van der Waals surface area contributed by atoms with E-state index in [4.69, 9.17) is 21.1 Å². The molecular weight excluding hydrogens is 448 g/mol. The highest BCUT2D eigenvalue weighted by molar-refractivity contribution is 7.98. The van der Waals surface area contributed by atoms with Crippen LogP contribution in [0.4, 0.5) is 5.82 Å². The molecule has 0 radical (unpaired) electrons. The van der Waals surface area contributed by atoms with Gasteiger partial charge >= 0.3 is 0 Å². The molecule has 9 heteroatoms. The van der Waals surface area contributed by atoms with Crippen molar-refractivity contribution in [3.05, 3.63) is 46.6 Å². The second-order valence-electron chi connectivity index (χ2n) is 8.41. The molecule has 3 aliphatic rings. The molecule has 170 valence electrons. The first-order valence-electron chi connectivity index (χ1n) is 11.2. The number of piperidine rings is 1. The number of rotatable bonds is 5. The van der Waals surface area contributed by atoms with Gasteiger partial charge in [0.1, 0.15) is 11.0 Å². The van der Waals surface area contributed by atoms with Crippen LogP contribution in [0.3, 0.4) is 0 Å². The van der Waals surface area contributed by atoms with E-state index in [1.54, 1.807) is 11.8 Å². The number of halogens is 1. The third-order valence-corrected chi connectivity index (χ3v) is 7.40. The summed E-state index contributed by atoms with van der Waals surface area (Å²) in [6.45, 7) is 4.64. The Morgan fingerprint density at radius 2 is 1.72 bits per heavy atom. The topological polar surface area (TPSA) is 67.8 Å². The molecule has 32 heavy (non-hydrogen) atoms. The second kappa shape index (κ2) is 9.55. The molecule has 5 rings (SSSR count). The third-order valence-electron chi connectivity index (χ3n) is 6.29. The fourth-order valence-corrected chi connectivity index (χ4v) is 5.51. The number of hydrogen-bond donors (Lipinski definition) is 0. The largest absolute Gasteiger partial charge is 0.356 e. The molecule has 7 nitrogen and oxygen atoms in total. The Hall–Kier alpha value is -1.87. The van der Waals surface area contributed by atoms with E-state index >= 15 is 0 Å². The maximum Gasteiger partial charge on any atom is 0.253 e. The lowest BCUT2D eigenvalue weighted by atomic mass is 10.0. The van der Waals surface area contributed by atoms with Crippen LogP contribution in [0.5, 0.6) is 0 Å². The number of likely N-dealkylation sites (tertiary alicyclic amines) is 1. The van der Waals surface area contributed by atoms with E-state index in [-0.39, 0.29) is 5.91 Å². The van der Waals surface area contributed by atoms with Crippen molar-refractivity contribution >= 4 is 35.1 Å². The Morgan fingerprint density at radius 1 is 1.03 bits per heavy atom. The Kier molecular flexibility index (Phi) is 6.55. The van der Waals surface area contributed by atoms with Gasteiger partial charge in [-0.1, -0.05) is 35.5 Å². The zero-order valence-corrected chi connectivity index (χ0v) is 19.5. The average molecular weight is 475 g/mol. The molecule has 0 saturated carbocycles. The van der Waals surface area contributed by atoms with Gasteiger partial charge in [-0.15, -0.1) is 0 Å². The van der Waals surface area contributed by atoms with Crippen molar-refractivity contribution in [3.63, 3.8) is 0 Å². The molecule has 2 aromatic rings. The number of nitrogens with zero attached hydrogens (tertiary/aromatic N) is 4. The van der Waals surface area contributed by atoms with Gasteiger partial charge in [0, 0.05) is 56.4 Å². The molecule has 4 heterocycles. The van der Waals surface area contributed by atoms with Gasteiger partial charge in [-0.25, -0.2) is 9.97 Å². The molecule has 0 unspecified atom stereocenters. The minimum Gasteiger partial charge on any atom is -0.356 e. The molecule has 1 spiro atoms. The Morgan fingerprint density at radius 3 is 2.41 bits per heavy atom. The zero-order chi connectivity index (χ0) is 22.0. The molecule has 3 aliphatic heterocycles. The number of thioether (sulfide) groups is 1. The van der Waals surface area contributed by atoms with Crippen LogP contribution in [0, 0.1) is 0 Å². The predicted octanol–water partition coefficient (Wildman–Crippen LogP) is 4.00. The summed E-state index contributed by atoms with van der Waals surface area (Å²) in [5, 5.41) is 1.15. The summed E-state index contributed by atoms with van der Waals surface area (Å²) in [4.78, 5) is 26.1. The van der Waals surface area contributed by atoms with Crippen LogP contribution in [0.25, 0.3) is 0 Å². The van der Waals surface area contributed by atoms with Crippen molar-refractivity contribution in [2.24, 2.45) is 0 Å². The highest BCUT2D eigenvalue weighted by Gasteiger charge is 2.40. The standard InChI is InChI=1S/C23H27ClN4O3S/c24-19-15-20(27-9-1-2-10-27)26-22(25-19)32-16-17-3-5-18(6-4-17)21(29)28-11-7-23(8-12-28)30-13-14-31-23/h3-6,15H,1-2,7-14,16H2. The summed E-state index contributed by atoms with van der Waals surface area (Å²) < 4.78 is 11.5. The first-order valence-corrected chi connectivity index (χ1v) is 12.6. The van der Waals surface area contributed by atoms with E-state index in [9.17, 15) is 4.79 Å². The van der Waals surface area contributed by atoms with E-state index in [1.807, 2.05) is 35.2 Å². The van der Waals surface area contributed by atoms with Crippen molar-refractivity contribution in [1.29, 1.82) is 0 Å². The number of ether oxygens (including phenoxy) is 2. The van der Waals surface area contributed by atoms with Gasteiger partial charge in [-0.3, -0.25) is 4.79 Å². The Balaban J connectivity index is 1.17. The van der Waals surface area contributed by atoms with Crippen LogP contribution in [0.1, 0.15) is 41.6 Å². The fraction of sp³-hybridized carbons (Fsp3) is 0.522. The van der Waals surface area contributed by atoms with E-state index < -0.39 is 5.79 Å². The lowest BCUT2D eigenvalue weighted by Crippen LogP contribution is -2.47. The van der Waals surface area contributed by atoms with Crippen LogP contribution >= 0.6 is 23.4 Å². The maximum atomic E-state index is 12.9. The van der Waals surface area contributed by atoms with Crippen LogP contribution < -0.4 is 4.90 Å². The number of amides is 1. The van der Waals surface area contributed by atoms with E-state index in [0.717, 1.165) is 43.1 Å². The molecule has 3 fully saturated rings. The van der Waals surface area contributed by atoms with Crippen molar-refractivity contribution in [1.82, 2.24) is 14.9 Å². The molecule has 0 atom stereocenters. The zero-order valence-electron chi connectivity index (χ0n) is 18.0. The summed E-state index contributed by atoms with van der Waals surface area (Å²) in [5.41, 5.74) is 1.82. The summed E-state index contributed by atoms with van der Waals surface area (Å²) in [6.07, 6.45) is 3.84. The van der Waals surface area contributed by atoms with E-state index in [0.29, 0.717) is 42.2 Å². The van der Waals surface area contributed by atoms with Crippen LogP contribution in [0.2, 0.25) is 5.15 Å². The first-order chi connectivity index (χ1) is 15.6. The van der Waals surface area contributed by atoms with Crippen LogP contribution in [-0.2, 0) is 15.2 Å². The smallest absolute Gasteiger partial charge is 0.253 e. The molecule has 1 aromatic carbocycles. The van der Waals surface area contributed by atoms with E-state index in [2.05, 4.69) is 14.9 Å². The van der Waals surface area contributed by atoms with Gasteiger partial charge in [0.15, 0.2) is 10.9 Å². The molecule has 1 amide bonds. The molecule has 0 N–H and O–H groups in total. The second-order valence-corrected chi connectivity index (χ2v) is 9.74. The van der Waals surface area contributed by atoms with E-state index in [1.165, 1.54) is 12.8 Å². The monoisotopic (exact) mass is 474 g/mol. The van der Waals surface area contributed by atoms with Gasteiger partial charge in [-0.2, -0.15) is 0 Å². The quantitative estimate of drug-likeness (QED) is 0.368. The number of hydrogen-bond acceptors (Lipinski definition) is 7. The van der Waals surface area contributed by atoms with Gasteiger partial charge in [0.2, 0.25) is 0 Å². The van der Waals surface area contributed by atoms with Crippen molar-refractivity contribution < 1.29 is 14.3 Å². The number of benzene rings is 1. The first kappa shape index (κ1) is 21.9. The Labute approximate surface area is 197 Å². The highest BCUT2D eigenvalue weighted by Crippen LogP contribution is 2.32. The molecule has 1 aromatic heterocycles. The van der Waals surface area contributed by atoms with Gasteiger partial charge < -0.3 is 19.3 Å². The summed E-state index contributed by atoms with van der Waals surface area (Å²) in [5.74, 6) is 1.22. The normalized spacial score (nSPS) is 20.3. The van der Waals surface area contributed by atoms with Crippen molar-refractivity contribution in [2.75, 3.05) is 44.3 Å². The minimum atomic E-state index is -0.463. The molecule has 0 bridgehead atoms. The lowest BCUT2D eigenvalue weighted by molar-refractivity contribution is -0.181. The molecule has 0 aliphatic carbocycles. The molecule has 3 saturated heterocycles. The average Bonchev–Trinajstić information content (AvgIpc) is 3.51. The number of aromatic nitrogens is 2. The minimum absolute atomic E-state index is 0.0606. The lowest BCUT2D eigenvalue weighted by Gasteiger charge is -2.37. The highest BCUT2D eigenvalue weighted by atomic mass is 35.5. The third kappa shape index (κ3) is 4.88. The van der Waals surface area contributed by atoms with Crippen LogP contribution in [-0.4, -0.2) is 66.0 Å². The number of anilines is 1. The van der Waals surface area contributed by atoms with Crippen molar-refractivity contribution in [2.45, 2.75) is 42.4 Å².